The summed E-state index contributed by atoms with van der Waals surface area (Å²) in [6.45, 7) is 5.82. The third-order valence-corrected chi connectivity index (χ3v) is 8.11. The quantitative estimate of drug-likeness (QED) is 0.706. The highest BCUT2D eigenvalue weighted by molar-refractivity contribution is 7.89. The van der Waals surface area contributed by atoms with Crippen molar-refractivity contribution in [2.45, 2.75) is 44.4 Å². The highest BCUT2D eigenvalue weighted by atomic mass is 32.2. The summed E-state index contributed by atoms with van der Waals surface area (Å²) >= 11 is 0. The summed E-state index contributed by atoms with van der Waals surface area (Å²) in [4.78, 5) is 14.8. The second kappa shape index (κ2) is 8.96. The lowest BCUT2D eigenvalue weighted by atomic mass is 9.98. The van der Waals surface area contributed by atoms with Crippen molar-refractivity contribution in [3.05, 3.63) is 46.8 Å². The van der Waals surface area contributed by atoms with Crippen LogP contribution in [0.4, 0.5) is 0 Å². The molecule has 3 heterocycles. The molecule has 166 valence electrons. The molecular weight excluding hydrogens is 414 g/mol. The Kier molecular flexibility index (Phi) is 6.29. The summed E-state index contributed by atoms with van der Waals surface area (Å²) in [5, 5.41) is 3.91. The van der Waals surface area contributed by atoms with Gasteiger partial charge < -0.3 is 9.42 Å². The molecule has 0 aliphatic carbocycles. The summed E-state index contributed by atoms with van der Waals surface area (Å²) < 4.78 is 33.8. The molecule has 1 aromatic carbocycles. The van der Waals surface area contributed by atoms with E-state index in [-0.39, 0.29) is 29.0 Å². The van der Waals surface area contributed by atoms with Crippen molar-refractivity contribution in [1.29, 1.82) is 0 Å². The van der Waals surface area contributed by atoms with Gasteiger partial charge in [0, 0.05) is 26.2 Å². The fourth-order valence-electron chi connectivity index (χ4n) is 4.34. The maximum absolute atomic E-state index is 13.5. The van der Waals surface area contributed by atoms with Gasteiger partial charge >= 0.3 is 0 Å². The van der Waals surface area contributed by atoms with Crippen LogP contribution in [0, 0.1) is 19.8 Å². The Morgan fingerprint density at radius 1 is 1.06 bits per heavy atom. The lowest BCUT2D eigenvalue weighted by molar-refractivity contribution is -0.135. The Balaban J connectivity index is 1.56. The van der Waals surface area contributed by atoms with Crippen molar-refractivity contribution < 1.29 is 17.7 Å². The molecule has 7 nitrogen and oxygen atoms in total. The smallest absolute Gasteiger partial charge is 0.248 e. The Morgan fingerprint density at radius 2 is 1.77 bits per heavy atom. The minimum absolute atomic E-state index is 0.0823. The molecule has 0 spiro atoms. The van der Waals surface area contributed by atoms with Gasteiger partial charge in [0.25, 0.3) is 0 Å². The van der Waals surface area contributed by atoms with E-state index in [1.165, 1.54) is 4.31 Å². The van der Waals surface area contributed by atoms with E-state index in [2.05, 4.69) is 5.16 Å². The van der Waals surface area contributed by atoms with Crippen molar-refractivity contribution in [3.63, 3.8) is 0 Å². The lowest BCUT2D eigenvalue weighted by Crippen LogP contribution is -2.46. The molecule has 2 saturated heterocycles. The molecule has 1 aromatic heterocycles. The van der Waals surface area contributed by atoms with Crippen LogP contribution in [0.3, 0.4) is 0 Å². The molecule has 0 bridgehead atoms. The standard InChI is InChI=1S/C23H29N3O4S/c1-17-7-9-19(10-8-17)11-12-21-22(18(2)24-30-21)31(28,29)26-15-5-6-20(16-26)23(27)25-13-3-4-14-25/h7-12,20H,3-6,13-16H2,1-2H3/b12-11+/t20-/m1/s1. The molecule has 1 amide bonds. The first-order chi connectivity index (χ1) is 14.9. The molecule has 2 fully saturated rings. The Morgan fingerprint density at radius 3 is 2.48 bits per heavy atom. The largest absolute Gasteiger partial charge is 0.355 e. The van der Waals surface area contributed by atoms with Crippen LogP contribution in [0.25, 0.3) is 12.2 Å². The van der Waals surface area contributed by atoms with Crippen LogP contribution in [-0.2, 0) is 14.8 Å². The molecule has 1 atom stereocenters. The molecule has 2 aliphatic rings. The predicted molar refractivity (Wildman–Crippen MR) is 119 cm³/mol. The van der Waals surface area contributed by atoms with Gasteiger partial charge in [-0.3, -0.25) is 4.79 Å². The van der Waals surface area contributed by atoms with Crippen LogP contribution < -0.4 is 0 Å². The number of likely N-dealkylation sites (tertiary alicyclic amines) is 1. The number of benzene rings is 1. The summed E-state index contributed by atoms with van der Waals surface area (Å²) in [5.41, 5.74) is 2.42. The number of hydrogen-bond acceptors (Lipinski definition) is 5. The first-order valence-corrected chi connectivity index (χ1v) is 12.3. The van der Waals surface area contributed by atoms with Gasteiger partial charge in [0.15, 0.2) is 10.7 Å². The highest BCUT2D eigenvalue weighted by Gasteiger charge is 2.38. The van der Waals surface area contributed by atoms with E-state index in [0.717, 1.165) is 43.5 Å². The van der Waals surface area contributed by atoms with Gasteiger partial charge in [0.1, 0.15) is 5.69 Å². The van der Waals surface area contributed by atoms with E-state index >= 15 is 0 Å². The molecular formula is C23H29N3O4S. The van der Waals surface area contributed by atoms with Crippen LogP contribution >= 0.6 is 0 Å². The number of sulfonamides is 1. The highest BCUT2D eigenvalue weighted by Crippen LogP contribution is 2.30. The topological polar surface area (TPSA) is 83.7 Å². The van der Waals surface area contributed by atoms with Gasteiger partial charge in [0.2, 0.25) is 15.9 Å². The third kappa shape index (κ3) is 4.60. The number of piperidine rings is 1. The van der Waals surface area contributed by atoms with Gasteiger partial charge in [0.05, 0.1) is 5.92 Å². The number of carbonyl (C=O) groups excluding carboxylic acids is 1. The Bertz CT molecular complexity index is 1070. The minimum Gasteiger partial charge on any atom is -0.355 e. The van der Waals surface area contributed by atoms with Gasteiger partial charge in [-0.05, 0) is 51.2 Å². The Labute approximate surface area is 183 Å². The summed E-state index contributed by atoms with van der Waals surface area (Å²) in [6.07, 6.45) is 6.91. The van der Waals surface area contributed by atoms with E-state index in [1.807, 2.05) is 42.2 Å². The molecule has 31 heavy (non-hydrogen) atoms. The second-order valence-corrected chi connectivity index (χ2v) is 10.3. The average molecular weight is 444 g/mol. The number of aryl methyl sites for hydroxylation is 2. The molecule has 8 heteroatoms. The SMILES string of the molecule is Cc1ccc(/C=C/c2onc(C)c2S(=O)(=O)N2CCC[C@@H](C(=O)N3CCCC3)C2)cc1. The fraction of sp³-hybridized carbons (Fsp3) is 0.478. The zero-order valence-corrected chi connectivity index (χ0v) is 18.9. The van der Waals surface area contributed by atoms with Crippen molar-refractivity contribution in [2.75, 3.05) is 26.2 Å². The second-order valence-electron chi connectivity index (χ2n) is 8.44. The molecule has 4 rings (SSSR count). The minimum atomic E-state index is -3.83. The maximum atomic E-state index is 13.5. The zero-order chi connectivity index (χ0) is 22.0. The fourth-order valence-corrected chi connectivity index (χ4v) is 6.11. The van der Waals surface area contributed by atoms with Gasteiger partial charge in [-0.2, -0.15) is 4.31 Å². The van der Waals surface area contributed by atoms with Crippen LogP contribution in [0.1, 0.15) is 48.3 Å². The van der Waals surface area contributed by atoms with Crippen LogP contribution in [0.15, 0.2) is 33.7 Å². The van der Waals surface area contributed by atoms with E-state index < -0.39 is 10.0 Å². The number of carbonyl (C=O) groups is 1. The van der Waals surface area contributed by atoms with Crippen LogP contribution in [0.5, 0.6) is 0 Å². The number of nitrogens with zero attached hydrogens (tertiary/aromatic N) is 3. The van der Waals surface area contributed by atoms with Gasteiger partial charge in [-0.1, -0.05) is 41.1 Å². The normalized spacial score (nSPS) is 20.6. The molecule has 0 radical (unpaired) electrons. The number of hydrogen-bond donors (Lipinski definition) is 0. The van der Waals surface area contributed by atoms with E-state index in [1.54, 1.807) is 13.0 Å². The van der Waals surface area contributed by atoms with Gasteiger partial charge in [-0.25, -0.2) is 8.42 Å². The molecule has 0 saturated carbocycles. The third-order valence-electron chi connectivity index (χ3n) is 6.09. The zero-order valence-electron chi connectivity index (χ0n) is 18.1. The monoisotopic (exact) mass is 443 g/mol. The molecule has 2 aliphatic heterocycles. The number of aromatic nitrogens is 1. The average Bonchev–Trinajstić information content (AvgIpc) is 3.43. The summed E-state index contributed by atoms with van der Waals surface area (Å²) in [7, 11) is -3.83. The molecule has 2 aromatic rings. The van der Waals surface area contributed by atoms with E-state index in [4.69, 9.17) is 4.52 Å². The molecule has 0 unspecified atom stereocenters. The number of rotatable bonds is 5. The lowest BCUT2D eigenvalue weighted by Gasteiger charge is -2.33. The maximum Gasteiger partial charge on any atom is 0.248 e. The van der Waals surface area contributed by atoms with Crippen molar-refractivity contribution in [2.24, 2.45) is 5.92 Å². The Hall–Kier alpha value is -2.45. The van der Waals surface area contributed by atoms with Crippen LogP contribution in [-0.4, -0.2) is 54.9 Å². The van der Waals surface area contributed by atoms with E-state index in [0.29, 0.717) is 18.7 Å². The van der Waals surface area contributed by atoms with Crippen molar-refractivity contribution in [3.8, 4) is 0 Å². The van der Waals surface area contributed by atoms with E-state index in [9.17, 15) is 13.2 Å². The van der Waals surface area contributed by atoms with Crippen molar-refractivity contribution >= 4 is 28.1 Å². The van der Waals surface area contributed by atoms with Gasteiger partial charge in [-0.15, -0.1) is 0 Å². The predicted octanol–water partition coefficient (Wildman–Crippen LogP) is 3.48. The number of amides is 1. The van der Waals surface area contributed by atoms with Crippen molar-refractivity contribution in [1.82, 2.24) is 14.4 Å². The first-order valence-electron chi connectivity index (χ1n) is 10.9. The summed E-state index contributed by atoms with van der Waals surface area (Å²) in [6, 6.07) is 7.91. The molecule has 0 N–H and O–H groups in total. The van der Waals surface area contributed by atoms with Crippen LogP contribution in [0.2, 0.25) is 0 Å². The first kappa shape index (κ1) is 21.8. The summed E-state index contributed by atoms with van der Waals surface area (Å²) in [5.74, 6) is 0.0124.